The minimum Gasteiger partial charge on any atom is -0.495 e. The molecule has 1 atom stereocenters. The van der Waals surface area contributed by atoms with E-state index in [4.69, 9.17) is 32.4 Å². The van der Waals surface area contributed by atoms with Gasteiger partial charge < -0.3 is 35.1 Å². The number of para-hydroxylation sites is 1. The van der Waals surface area contributed by atoms with Gasteiger partial charge in [0, 0.05) is 31.3 Å². The molecule has 0 fully saturated rings. The fraction of sp³-hybridized carbons (Fsp3) is 0.212. The van der Waals surface area contributed by atoms with E-state index in [1.54, 1.807) is 43.4 Å². The van der Waals surface area contributed by atoms with Crippen molar-refractivity contribution >= 4 is 58.4 Å². The normalized spacial score (nSPS) is 11.3. The summed E-state index contributed by atoms with van der Waals surface area (Å²) in [5, 5.41) is 17.9. The number of furan rings is 1. The average Bonchev–Trinajstić information content (AvgIpc) is 3.45. The highest BCUT2D eigenvalue weighted by Crippen LogP contribution is 2.27. The van der Waals surface area contributed by atoms with Crippen LogP contribution in [0.3, 0.4) is 0 Å². The Bertz CT molecular complexity index is 1740. The third-order valence-electron chi connectivity index (χ3n) is 7.01. The third-order valence-corrected chi connectivity index (χ3v) is 7.64. The molecule has 4 amide bonds. The van der Waals surface area contributed by atoms with Gasteiger partial charge in [0.05, 0.1) is 41.1 Å². The lowest BCUT2D eigenvalue weighted by atomic mass is 10.1. The van der Waals surface area contributed by atoms with E-state index < -0.39 is 23.9 Å². The predicted octanol–water partition coefficient (Wildman–Crippen LogP) is 6.17. The molecule has 11 nitrogen and oxygen atoms in total. The van der Waals surface area contributed by atoms with Gasteiger partial charge >= 0.3 is 12.0 Å². The summed E-state index contributed by atoms with van der Waals surface area (Å²) in [7, 11) is 3.10. The molecule has 46 heavy (non-hydrogen) atoms. The maximum Gasteiger partial charge on any atom is 0.326 e. The zero-order valence-corrected chi connectivity index (χ0v) is 26.7. The third kappa shape index (κ3) is 8.80. The highest BCUT2D eigenvalue weighted by molar-refractivity contribution is 6.39. The first-order valence-electron chi connectivity index (χ1n) is 14.0. The van der Waals surface area contributed by atoms with E-state index in [1.807, 2.05) is 25.1 Å². The van der Waals surface area contributed by atoms with Gasteiger partial charge in [0.15, 0.2) is 0 Å². The van der Waals surface area contributed by atoms with Gasteiger partial charge in [-0.2, -0.15) is 0 Å². The first kappa shape index (κ1) is 33.9. The zero-order chi connectivity index (χ0) is 33.4. The van der Waals surface area contributed by atoms with Crippen molar-refractivity contribution in [1.82, 2.24) is 10.2 Å². The number of urea groups is 1. The summed E-state index contributed by atoms with van der Waals surface area (Å²) in [5.74, 6) is -1.51. The molecule has 3 aromatic carbocycles. The van der Waals surface area contributed by atoms with Gasteiger partial charge in [-0.25, -0.2) is 9.59 Å². The van der Waals surface area contributed by atoms with Crippen molar-refractivity contribution in [2.75, 3.05) is 24.8 Å². The number of halogens is 2. The number of carboxylic acid groups (broad SMARTS) is 1. The second kappa shape index (κ2) is 15.3. The molecule has 0 saturated carbocycles. The number of carbonyl (C=O) groups excluding carboxylic acids is 3. The number of carbonyl (C=O) groups is 4. The largest absolute Gasteiger partial charge is 0.495 e. The monoisotopic (exact) mass is 666 g/mol. The van der Waals surface area contributed by atoms with Crippen LogP contribution in [0.25, 0.3) is 0 Å². The fourth-order valence-corrected chi connectivity index (χ4v) is 5.14. The summed E-state index contributed by atoms with van der Waals surface area (Å²) in [6.45, 7) is 2.08. The van der Waals surface area contributed by atoms with E-state index in [2.05, 4.69) is 16.0 Å². The number of hydrogen-bond acceptors (Lipinski definition) is 6. The molecule has 0 aliphatic heterocycles. The maximum absolute atomic E-state index is 13.0. The van der Waals surface area contributed by atoms with E-state index in [0.29, 0.717) is 34.0 Å². The molecule has 0 saturated heterocycles. The van der Waals surface area contributed by atoms with Crippen LogP contribution >= 0.6 is 23.2 Å². The second-order valence-electron chi connectivity index (χ2n) is 10.4. The van der Waals surface area contributed by atoms with Crippen molar-refractivity contribution in [2.24, 2.45) is 0 Å². The molecule has 0 aliphatic carbocycles. The summed E-state index contributed by atoms with van der Waals surface area (Å²) < 4.78 is 11.0. The molecule has 0 aliphatic rings. The van der Waals surface area contributed by atoms with Crippen molar-refractivity contribution in [3.05, 3.63) is 111 Å². The molecule has 4 aromatic rings. The summed E-state index contributed by atoms with van der Waals surface area (Å²) in [4.78, 5) is 51.7. The summed E-state index contributed by atoms with van der Waals surface area (Å²) in [5.41, 5.74) is 3.32. The van der Waals surface area contributed by atoms with Crippen LogP contribution in [0.4, 0.5) is 16.2 Å². The Morgan fingerprint density at radius 2 is 1.63 bits per heavy atom. The maximum atomic E-state index is 13.0. The van der Waals surface area contributed by atoms with Crippen LogP contribution in [-0.2, 0) is 29.0 Å². The number of likely N-dealkylation sites (N-methyl/N-ethyl adjacent to an activating group) is 1. The van der Waals surface area contributed by atoms with Crippen LogP contribution in [0.1, 0.15) is 32.8 Å². The highest BCUT2D eigenvalue weighted by atomic mass is 35.5. The Morgan fingerprint density at radius 3 is 2.30 bits per heavy atom. The van der Waals surface area contributed by atoms with Crippen molar-refractivity contribution < 1.29 is 33.4 Å². The number of benzene rings is 3. The van der Waals surface area contributed by atoms with Crippen molar-refractivity contribution in [3.63, 3.8) is 0 Å². The molecule has 4 N–H and O–H groups in total. The number of anilines is 2. The van der Waals surface area contributed by atoms with Crippen molar-refractivity contribution in [3.8, 4) is 5.75 Å². The van der Waals surface area contributed by atoms with Crippen LogP contribution in [0, 0.1) is 6.92 Å². The molecule has 0 radical (unpaired) electrons. The molecule has 1 aromatic heterocycles. The van der Waals surface area contributed by atoms with Gasteiger partial charge in [-0.3, -0.25) is 9.59 Å². The van der Waals surface area contributed by atoms with Gasteiger partial charge in [-0.15, -0.1) is 0 Å². The van der Waals surface area contributed by atoms with Crippen LogP contribution in [0.2, 0.25) is 10.0 Å². The van der Waals surface area contributed by atoms with Crippen molar-refractivity contribution in [1.29, 1.82) is 0 Å². The van der Waals surface area contributed by atoms with Gasteiger partial charge in [-0.05, 0) is 54.4 Å². The Morgan fingerprint density at radius 1 is 0.935 bits per heavy atom. The van der Waals surface area contributed by atoms with Gasteiger partial charge in [0.2, 0.25) is 5.91 Å². The molecule has 0 bridgehead atoms. The molecule has 0 spiro atoms. The predicted molar refractivity (Wildman–Crippen MR) is 175 cm³/mol. The molecular formula is C33H32Cl2N4O7. The fourth-order valence-electron chi connectivity index (χ4n) is 4.57. The molecule has 240 valence electrons. The number of aliphatic carboxylic acids is 1. The van der Waals surface area contributed by atoms with E-state index in [-0.39, 0.29) is 40.9 Å². The van der Waals surface area contributed by atoms with Gasteiger partial charge in [0.1, 0.15) is 17.6 Å². The number of aryl methyl sites for hydroxylation is 1. The average molecular weight is 668 g/mol. The van der Waals surface area contributed by atoms with E-state index in [1.165, 1.54) is 30.4 Å². The lowest BCUT2D eigenvalue weighted by molar-refractivity contribution is -0.139. The van der Waals surface area contributed by atoms with Gasteiger partial charge in [0.25, 0.3) is 5.91 Å². The lowest BCUT2D eigenvalue weighted by Gasteiger charge is -2.17. The van der Waals surface area contributed by atoms with Crippen LogP contribution in [0.5, 0.6) is 5.75 Å². The Hall–Kier alpha value is -5.00. The molecule has 13 heteroatoms. The second-order valence-corrected chi connectivity index (χ2v) is 11.3. The van der Waals surface area contributed by atoms with Crippen LogP contribution < -0.4 is 20.7 Å². The number of carboxylic acids is 1. The number of amides is 4. The lowest BCUT2D eigenvalue weighted by Crippen LogP contribution is -2.42. The van der Waals surface area contributed by atoms with Gasteiger partial charge in [-0.1, -0.05) is 53.5 Å². The number of nitrogens with one attached hydrogen (secondary N) is 3. The zero-order valence-electron chi connectivity index (χ0n) is 25.2. The molecule has 1 unspecified atom stereocenters. The number of ether oxygens (including phenoxy) is 1. The Kier molecular flexibility index (Phi) is 11.3. The van der Waals surface area contributed by atoms with E-state index in [9.17, 15) is 24.3 Å². The summed E-state index contributed by atoms with van der Waals surface area (Å²) in [6, 6.07) is 16.9. The van der Waals surface area contributed by atoms with E-state index >= 15 is 0 Å². The Labute approximate surface area is 275 Å². The van der Waals surface area contributed by atoms with Crippen LogP contribution in [0.15, 0.2) is 77.4 Å². The Balaban J connectivity index is 1.33. The number of methoxy groups -OCH3 is 1. The standard InChI is InChI=1S/C33H32Cl2N4O7/c1-19-7-4-5-10-25(19)37-33(44)38-26-12-11-20(14-28(26)45-3)15-29(40)39(2)17-21-13-22(46-18-21)16-27(32(42)43)36-31(41)30-23(34)8-6-9-24(30)35/h4-14,18,27H,15-17H2,1-3H3,(H,36,41)(H,42,43)(H2,37,38,44). The first-order valence-corrected chi connectivity index (χ1v) is 14.8. The SMILES string of the molecule is COc1cc(CC(=O)N(C)Cc2coc(CC(NC(=O)c3c(Cl)cccc3Cl)C(=O)O)c2)ccc1NC(=O)Nc1ccccc1C. The topological polar surface area (TPSA) is 150 Å². The highest BCUT2D eigenvalue weighted by Gasteiger charge is 2.25. The minimum absolute atomic E-state index is 0.0236. The summed E-state index contributed by atoms with van der Waals surface area (Å²) in [6.07, 6.45) is 1.34. The van der Waals surface area contributed by atoms with Crippen LogP contribution in [-0.4, -0.2) is 54.0 Å². The molecular weight excluding hydrogens is 635 g/mol. The first-order chi connectivity index (χ1) is 21.9. The molecule has 1 heterocycles. The van der Waals surface area contributed by atoms with E-state index in [0.717, 1.165) is 5.56 Å². The van der Waals surface area contributed by atoms with Crippen molar-refractivity contribution in [2.45, 2.75) is 32.4 Å². The minimum atomic E-state index is -1.32. The number of nitrogens with zero attached hydrogens (tertiary/aromatic N) is 1. The smallest absolute Gasteiger partial charge is 0.326 e. The quantitative estimate of drug-likeness (QED) is 0.141. The summed E-state index contributed by atoms with van der Waals surface area (Å²) >= 11 is 12.2. The number of rotatable bonds is 12. The number of hydrogen-bond donors (Lipinski definition) is 4. The molecule has 4 rings (SSSR count).